The van der Waals surface area contributed by atoms with Crippen LogP contribution < -0.4 is 10.0 Å². The van der Waals surface area contributed by atoms with Crippen molar-refractivity contribution in [2.75, 3.05) is 12.4 Å². The van der Waals surface area contributed by atoms with E-state index in [-0.39, 0.29) is 10.9 Å². The largest absolute Gasteiger partial charge is 0.357 e. The zero-order valence-corrected chi connectivity index (χ0v) is 11.1. The molecule has 0 spiro atoms. The predicted octanol–water partition coefficient (Wildman–Crippen LogP) is 0.985. The van der Waals surface area contributed by atoms with E-state index in [0.29, 0.717) is 5.95 Å². The lowest BCUT2D eigenvalue weighted by molar-refractivity contribution is 0.529. The molecule has 0 radical (unpaired) electrons. The summed E-state index contributed by atoms with van der Waals surface area (Å²) >= 11 is 0. The standard InChI is InChI=1S/C10H18N4O2S/c1-4-8(5-2)14-17(15,16)9-6-12-10(11-3)13-7-9/h6-8,14H,4-5H2,1-3H3,(H,11,12,13). The Bertz CT molecular complexity index is 440. The summed E-state index contributed by atoms with van der Waals surface area (Å²) < 4.78 is 26.5. The molecule has 96 valence electrons. The average Bonchev–Trinajstić information content (AvgIpc) is 2.36. The second kappa shape index (κ2) is 5.92. The van der Waals surface area contributed by atoms with Crippen molar-refractivity contribution in [2.45, 2.75) is 37.6 Å². The van der Waals surface area contributed by atoms with Gasteiger partial charge in [0.1, 0.15) is 4.90 Å². The van der Waals surface area contributed by atoms with Crippen molar-refractivity contribution in [1.82, 2.24) is 14.7 Å². The number of nitrogens with zero attached hydrogens (tertiary/aromatic N) is 2. The third kappa shape index (κ3) is 3.64. The first-order valence-corrected chi connectivity index (χ1v) is 7.04. The molecule has 0 bridgehead atoms. The minimum absolute atomic E-state index is 0.0519. The van der Waals surface area contributed by atoms with Crippen LogP contribution in [0.1, 0.15) is 26.7 Å². The summed E-state index contributed by atoms with van der Waals surface area (Å²) in [4.78, 5) is 7.85. The third-order valence-corrected chi connectivity index (χ3v) is 3.94. The Hall–Kier alpha value is -1.21. The van der Waals surface area contributed by atoms with Crippen LogP contribution in [-0.4, -0.2) is 31.5 Å². The van der Waals surface area contributed by atoms with E-state index < -0.39 is 10.0 Å². The third-order valence-electron chi connectivity index (χ3n) is 2.47. The molecule has 0 saturated heterocycles. The van der Waals surface area contributed by atoms with Crippen molar-refractivity contribution in [2.24, 2.45) is 0 Å². The van der Waals surface area contributed by atoms with Crippen LogP contribution in [0.5, 0.6) is 0 Å². The summed E-state index contributed by atoms with van der Waals surface area (Å²) in [6, 6.07) is -0.0519. The lowest BCUT2D eigenvalue weighted by Crippen LogP contribution is -2.34. The first-order valence-electron chi connectivity index (χ1n) is 5.55. The number of aromatic nitrogens is 2. The zero-order valence-electron chi connectivity index (χ0n) is 10.3. The Morgan fingerprint density at radius 1 is 1.24 bits per heavy atom. The maximum Gasteiger partial charge on any atom is 0.243 e. The van der Waals surface area contributed by atoms with Gasteiger partial charge in [0.2, 0.25) is 16.0 Å². The molecule has 1 aromatic rings. The summed E-state index contributed by atoms with van der Waals surface area (Å²) in [6.45, 7) is 3.88. The van der Waals surface area contributed by atoms with Crippen LogP contribution in [0.2, 0.25) is 0 Å². The Morgan fingerprint density at radius 3 is 2.18 bits per heavy atom. The van der Waals surface area contributed by atoms with Crippen LogP contribution in [0.4, 0.5) is 5.95 Å². The molecule has 0 aliphatic heterocycles. The molecule has 6 nitrogen and oxygen atoms in total. The molecule has 7 heteroatoms. The average molecular weight is 258 g/mol. The number of rotatable bonds is 6. The molecule has 0 atom stereocenters. The van der Waals surface area contributed by atoms with Gasteiger partial charge >= 0.3 is 0 Å². The molecular weight excluding hydrogens is 240 g/mol. The Morgan fingerprint density at radius 2 is 1.76 bits per heavy atom. The van der Waals surface area contributed by atoms with Crippen LogP contribution in [0.15, 0.2) is 17.3 Å². The molecule has 0 aliphatic rings. The molecule has 0 aliphatic carbocycles. The van der Waals surface area contributed by atoms with E-state index >= 15 is 0 Å². The van der Waals surface area contributed by atoms with Gasteiger partial charge < -0.3 is 5.32 Å². The fraction of sp³-hybridized carbons (Fsp3) is 0.600. The van der Waals surface area contributed by atoms with E-state index in [4.69, 9.17) is 0 Å². The van der Waals surface area contributed by atoms with Crippen LogP contribution in [0.25, 0.3) is 0 Å². The Labute approximate surface area is 102 Å². The van der Waals surface area contributed by atoms with E-state index in [2.05, 4.69) is 20.0 Å². The maximum absolute atomic E-state index is 11.9. The fourth-order valence-electron chi connectivity index (χ4n) is 1.33. The van der Waals surface area contributed by atoms with Gasteiger partial charge in [0.15, 0.2) is 0 Å². The molecule has 0 aromatic carbocycles. The quantitative estimate of drug-likeness (QED) is 0.794. The van der Waals surface area contributed by atoms with Gasteiger partial charge in [-0.15, -0.1) is 0 Å². The topological polar surface area (TPSA) is 84.0 Å². The van der Waals surface area contributed by atoms with Gasteiger partial charge in [0.25, 0.3) is 0 Å². The first-order chi connectivity index (χ1) is 8.03. The summed E-state index contributed by atoms with van der Waals surface area (Å²) in [5, 5.41) is 2.73. The van der Waals surface area contributed by atoms with Gasteiger partial charge in [-0.3, -0.25) is 0 Å². The van der Waals surface area contributed by atoms with Crippen molar-refractivity contribution in [3.8, 4) is 0 Å². The highest BCUT2D eigenvalue weighted by atomic mass is 32.2. The molecule has 0 saturated carbocycles. The Balaban J connectivity index is 2.89. The zero-order chi connectivity index (χ0) is 12.9. The number of anilines is 1. The smallest absolute Gasteiger partial charge is 0.243 e. The first kappa shape index (κ1) is 13.9. The van der Waals surface area contributed by atoms with Crippen LogP contribution >= 0.6 is 0 Å². The molecule has 17 heavy (non-hydrogen) atoms. The van der Waals surface area contributed by atoms with Crippen LogP contribution in [-0.2, 0) is 10.0 Å². The van der Waals surface area contributed by atoms with Gasteiger partial charge in [0.05, 0.1) is 12.4 Å². The fourth-order valence-corrected chi connectivity index (χ4v) is 2.62. The highest BCUT2D eigenvalue weighted by Crippen LogP contribution is 2.09. The Kier molecular flexibility index (Phi) is 4.83. The highest BCUT2D eigenvalue weighted by Gasteiger charge is 2.18. The number of hydrogen-bond donors (Lipinski definition) is 2. The molecule has 1 heterocycles. The van der Waals surface area contributed by atoms with Crippen molar-refractivity contribution >= 4 is 16.0 Å². The summed E-state index contributed by atoms with van der Waals surface area (Å²) in [7, 11) is -1.84. The van der Waals surface area contributed by atoms with Gasteiger partial charge in [-0.2, -0.15) is 0 Å². The molecule has 1 rings (SSSR count). The number of hydrogen-bond acceptors (Lipinski definition) is 5. The maximum atomic E-state index is 11.9. The van der Waals surface area contributed by atoms with E-state index in [0.717, 1.165) is 12.8 Å². The van der Waals surface area contributed by atoms with E-state index in [1.807, 2.05) is 13.8 Å². The monoisotopic (exact) mass is 258 g/mol. The van der Waals surface area contributed by atoms with Crippen molar-refractivity contribution in [1.29, 1.82) is 0 Å². The minimum atomic E-state index is -3.51. The van der Waals surface area contributed by atoms with Crippen molar-refractivity contribution in [3.05, 3.63) is 12.4 Å². The summed E-state index contributed by atoms with van der Waals surface area (Å²) in [6.07, 6.45) is 4.10. The molecular formula is C10H18N4O2S. The van der Waals surface area contributed by atoms with E-state index in [9.17, 15) is 8.42 Å². The summed E-state index contributed by atoms with van der Waals surface area (Å²) in [5.41, 5.74) is 0. The van der Waals surface area contributed by atoms with Crippen molar-refractivity contribution in [3.63, 3.8) is 0 Å². The second-order valence-electron chi connectivity index (χ2n) is 3.63. The molecule has 0 amide bonds. The van der Waals surface area contributed by atoms with Gasteiger partial charge in [-0.1, -0.05) is 13.8 Å². The number of nitrogens with one attached hydrogen (secondary N) is 2. The van der Waals surface area contributed by atoms with Crippen LogP contribution in [0.3, 0.4) is 0 Å². The SMILES string of the molecule is CCC(CC)NS(=O)(=O)c1cnc(NC)nc1. The minimum Gasteiger partial charge on any atom is -0.357 e. The normalized spacial score (nSPS) is 11.8. The molecule has 2 N–H and O–H groups in total. The van der Waals surface area contributed by atoms with Crippen molar-refractivity contribution < 1.29 is 8.42 Å². The summed E-state index contributed by atoms with van der Waals surface area (Å²) in [5.74, 6) is 0.395. The molecule has 1 aromatic heterocycles. The van der Waals surface area contributed by atoms with E-state index in [1.165, 1.54) is 12.4 Å². The molecule has 0 fully saturated rings. The van der Waals surface area contributed by atoms with E-state index in [1.54, 1.807) is 7.05 Å². The van der Waals surface area contributed by atoms with Gasteiger partial charge in [-0.25, -0.2) is 23.1 Å². The van der Waals surface area contributed by atoms with Gasteiger partial charge in [-0.05, 0) is 12.8 Å². The lowest BCUT2D eigenvalue weighted by Gasteiger charge is -2.14. The molecule has 0 unspecified atom stereocenters. The predicted molar refractivity (Wildman–Crippen MR) is 66.3 cm³/mol. The lowest BCUT2D eigenvalue weighted by atomic mass is 10.2. The van der Waals surface area contributed by atoms with Crippen LogP contribution in [0, 0.1) is 0 Å². The highest BCUT2D eigenvalue weighted by molar-refractivity contribution is 7.89. The van der Waals surface area contributed by atoms with Gasteiger partial charge in [0, 0.05) is 13.1 Å². The number of sulfonamides is 1. The second-order valence-corrected chi connectivity index (χ2v) is 5.34.